The Labute approximate surface area is 146 Å². The van der Waals surface area contributed by atoms with Crippen molar-refractivity contribution >= 4 is 29.0 Å². The molecule has 7 heteroatoms. The van der Waals surface area contributed by atoms with Gasteiger partial charge < -0.3 is 15.1 Å². The van der Waals surface area contributed by atoms with Gasteiger partial charge in [-0.1, -0.05) is 17.7 Å². The molecule has 1 amide bonds. The van der Waals surface area contributed by atoms with Crippen LogP contribution >= 0.6 is 11.6 Å². The maximum Gasteiger partial charge on any atom is 0.274 e. The normalized spacial score (nSPS) is 15.4. The fraction of sp³-hybridized carbons (Fsp3) is 0.353. The number of carbonyl (C=O) groups excluding carboxylic acids is 1. The Hall–Kier alpha value is -2.18. The Morgan fingerprint density at radius 3 is 2.67 bits per heavy atom. The van der Waals surface area contributed by atoms with Crippen molar-refractivity contribution in [3.05, 3.63) is 46.9 Å². The molecule has 2 heterocycles. The van der Waals surface area contributed by atoms with Crippen LogP contribution in [0, 0.1) is 6.92 Å². The van der Waals surface area contributed by atoms with Crippen molar-refractivity contribution in [1.82, 2.24) is 14.9 Å². The zero-order valence-corrected chi connectivity index (χ0v) is 14.5. The van der Waals surface area contributed by atoms with E-state index in [4.69, 9.17) is 11.6 Å². The summed E-state index contributed by atoms with van der Waals surface area (Å²) in [6.07, 6.45) is 1.44. The molecule has 1 aromatic heterocycles. The maximum atomic E-state index is 12.5. The van der Waals surface area contributed by atoms with E-state index in [1.165, 1.54) is 6.33 Å². The van der Waals surface area contributed by atoms with E-state index in [0.717, 1.165) is 37.6 Å². The molecule has 1 N–H and O–H groups in total. The molecule has 2 aromatic rings. The molecule has 0 aliphatic carbocycles. The highest BCUT2D eigenvalue weighted by Crippen LogP contribution is 2.21. The highest BCUT2D eigenvalue weighted by Gasteiger charge is 2.17. The zero-order chi connectivity index (χ0) is 17.1. The number of piperazine rings is 1. The average molecular weight is 346 g/mol. The molecular weight excluding hydrogens is 326 g/mol. The highest BCUT2D eigenvalue weighted by atomic mass is 35.5. The first kappa shape index (κ1) is 16.7. The number of carbonyl (C=O) groups is 1. The predicted octanol–water partition coefficient (Wildman–Crippen LogP) is 2.44. The van der Waals surface area contributed by atoms with Gasteiger partial charge in [-0.05, 0) is 31.7 Å². The molecule has 24 heavy (non-hydrogen) atoms. The van der Waals surface area contributed by atoms with Crippen molar-refractivity contribution in [2.24, 2.45) is 0 Å². The van der Waals surface area contributed by atoms with Crippen LogP contribution in [0.4, 0.5) is 11.5 Å². The summed E-state index contributed by atoms with van der Waals surface area (Å²) >= 11 is 6.00. The topological polar surface area (TPSA) is 61.4 Å². The number of aryl methyl sites for hydroxylation is 1. The largest absolute Gasteiger partial charge is 0.354 e. The molecular formula is C17H20ClN5O. The van der Waals surface area contributed by atoms with Crippen LogP contribution in [0.2, 0.25) is 5.02 Å². The molecule has 0 unspecified atom stereocenters. The standard InChI is InChI=1S/C17H20ClN5O/c1-12-3-4-13(18)9-14(12)21-17(24)15-10-16(20-11-19-15)23-7-5-22(2)6-8-23/h3-4,9-11H,5-8H2,1-2H3,(H,21,24). The van der Waals surface area contributed by atoms with Gasteiger partial charge in [0.25, 0.3) is 5.91 Å². The summed E-state index contributed by atoms with van der Waals surface area (Å²) in [6, 6.07) is 7.13. The number of aromatic nitrogens is 2. The quantitative estimate of drug-likeness (QED) is 0.925. The number of nitrogens with one attached hydrogen (secondary N) is 1. The monoisotopic (exact) mass is 345 g/mol. The summed E-state index contributed by atoms with van der Waals surface area (Å²) in [7, 11) is 2.10. The van der Waals surface area contributed by atoms with Crippen molar-refractivity contribution in [3.63, 3.8) is 0 Å². The van der Waals surface area contributed by atoms with E-state index in [1.54, 1.807) is 18.2 Å². The summed E-state index contributed by atoms with van der Waals surface area (Å²) in [4.78, 5) is 25.3. The van der Waals surface area contributed by atoms with Crippen molar-refractivity contribution in [2.45, 2.75) is 6.92 Å². The molecule has 0 radical (unpaired) electrons. The van der Waals surface area contributed by atoms with E-state index in [2.05, 4.69) is 32.1 Å². The third kappa shape index (κ3) is 3.83. The second-order valence-corrected chi connectivity index (χ2v) is 6.40. The summed E-state index contributed by atoms with van der Waals surface area (Å²) in [5, 5.41) is 3.44. The van der Waals surface area contributed by atoms with E-state index in [-0.39, 0.29) is 5.91 Å². The van der Waals surface area contributed by atoms with E-state index in [1.807, 2.05) is 13.0 Å². The van der Waals surface area contributed by atoms with Gasteiger partial charge in [-0.3, -0.25) is 4.79 Å². The van der Waals surface area contributed by atoms with Crippen LogP contribution in [-0.2, 0) is 0 Å². The lowest BCUT2D eigenvalue weighted by atomic mass is 10.2. The molecule has 1 aromatic carbocycles. The zero-order valence-electron chi connectivity index (χ0n) is 13.8. The van der Waals surface area contributed by atoms with E-state index in [0.29, 0.717) is 16.4 Å². The number of benzene rings is 1. The second-order valence-electron chi connectivity index (χ2n) is 5.97. The van der Waals surface area contributed by atoms with Crippen molar-refractivity contribution < 1.29 is 4.79 Å². The first-order chi connectivity index (χ1) is 11.5. The van der Waals surface area contributed by atoms with Gasteiger partial charge in [-0.2, -0.15) is 0 Å². The van der Waals surface area contributed by atoms with Gasteiger partial charge in [-0.25, -0.2) is 9.97 Å². The van der Waals surface area contributed by atoms with Gasteiger partial charge >= 0.3 is 0 Å². The van der Waals surface area contributed by atoms with Gasteiger partial charge in [0.15, 0.2) is 0 Å². The third-order valence-corrected chi connectivity index (χ3v) is 4.40. The molecule has 126 valence electrons. The summed E-state index contributed by atoms with van der Waals surface area (Å²) in [5.74, 6) is 0.518. The number of hydrogen-bond donors (Lipinski definition) is 1. The Morgan fingerprint density at radius 1 is 1.17 bits per heavy atom. The molecule has 6 nitrogen and oxygen atoms in total. The SMILES string of the molecule is Cc1ccc(Cl)cc1NC(=O)c1cc(N2CCN(C)CC2)ncn1. The lowest BCUT2D eigenvalue weighted by molar-refractivity contribution is 0.102. The maximum absolute atomic E-state index is 12.5. The van der Waals surface area contributed by atoms with Crippen molar-refractivity contribution in [3.8, 4) is 0 Å². The van der Waals surface area contributed by atoms with Crippen LogP contribution in [-0.4, -0.2) is 54.0 Å². The lowest BCUT2D eigenvalue weighted by Gasteiger charge is -2.33. The van der Waals surface area contributed by atoms with Crippen LogP contribution in [0.15, 0.2) is 30.6 Å². The minimum atomic E-state index is -0.266. The Morgan fingerprint density at radius 2 is 1.92 bits per heavy atom. The Balaban J connectivity index is 1.76. The van der Waals surface area contributed by atoms with Gasteiger partial charge in [0.05, 0.1) is 0 Å². The molecule has 1 aliphatic rings. The van der Waals surface area contributed by atoms with Gasteiger partial charge in [0.2, 0.25) is 0 Å². The summed E-state index contributed by atoms with van der Waals surface area (Å²) in [5.41, 5.74) is 1.98. The number of nitrogens with zero attached hydrogens (tertiary/aromatic N) is 4. The molecule has 1 saturated heterocycles. The Kier molecular flexibility index (Phi) is 4.97. The number of halogens is 1. The number of anilines is 2. The van der Waals surface area contributed by atoms with E-state index < -0.39 is 0 Å². The van der Waals surface area contributed by atoms with Crippen LogP contribution in [0.5, 0.6) is 0 Å². The molecule has 0 spiro atoms. The molecule has 1 aliphatic heterocycles. The van der Waals surface area contributed by atoms with Gasteiger partial charge in [0.1, 0.15) is 17.8 Å². The third-order valence-electron chi connectivity index (χ3n) is 4.16. The molecule has 0 saturated carbocycles. The van der Waals surface area contributed by atoms with E-state index in [9.17, 15) is 4.79 Å². The van der Waals surface area contributed by atoms with Crippen molar-refractivity contribution in [1.29, 1.82) is 0 Å². The number of likely N-dealkylation sites (N-methyl/N-ethyl adjacent to an activating group) is 1. The second kappa shape index (κ2) is 7.15. The molecule has 0 atom stereocenters. The van der Waals surface area contributed by atoms with Gasteiger partial charge in [-0.15, -0.1) is 0 Å². The predicted molar refractivity (Wildman–Crippen MR) is 95.9 cm³/mol. The molecule has 3 rings (SSSR count). The van der Waals surface area contributed by atoms with Crippen LogP contribution in [0.3, 0.4) is 0 Å². The fourth-order valence-electron chi connectivity index (χ4n) is 2.59. The highest BCUT2D eigenvalue weighted by molar-refractivity contribution is 6.31. The van der Waals surface area contributed by atoms with Crippen LogP contribution in [0.25, 0.3) is 0 Å². The summed E-state index contributed by atoms with van der Waals surface area (Å²) in [6.45, 7) is 5.66. The first-order valence-corrected chi connectivity index (χ1v) is 8.24. The first-order valence-electron chi connectivity index (χ1n) is 7.86. The average Bonchev–Trinajstić information content (AvgIpc) is 2.59. The minimum absolute atomic E-state index is 0.266. The Bertz CT molecular complexity index is 744. The lowest BCUT2D eigenvalue weighted by Crippen LogP contribution is -2.44. The van der Waals surface area contributed by atoms with Crippen molar-refractivity contribution in [2.75, 3.05) is 43.4 Å². The summed E-state index contributed by atoms with van der Waals surface area (Å²) < 4.78 is 0. The van der Waals surface area contributed by atoms with E-state index >= 15 is 0 Å². The minimum Gasteiger partial charge on any atom is -0.354 e. The molecule has 1 fully saturated rings. The van der Waals surface area contributed by atoms with Crippen LogP contribution in [0.1, 0.15) is 16.1 Å². The number of rotatable bonds is 3. The molecule has 0 bridgehead atoms. The number of hydrogen-bond acceptors (Lipinski definition) is 5. The number of amides is 1. The van der Waals surface area contributed by atoms with Gasteiger partial charge in [0, 0.05) is 43.0 Å². The fourth-order valence-corrected chi connectivity index (χ4v) is 2.77. The van der Waals surface area contributed by atoms with Crippen LogP contribution < -0.4 is 10.2 Å². The smallest absolute Gasteiger partial charge is 0.274 e.